The zero-order chi connectivity index (χ0) is 15.6. The fraction of sp³-hybridized carbons (Fsp3) is 0.250. The van der Waals surface area contributed by atoms with Crippen molar-refractivity contribution in [1.82, 2.24) is 0 Å². The molecule has 5 heteroatoms. The average Bonchev–Trinajstić information content (AvgIpc) is 2.48. The maximum Gasteiger partial charge on any atom is 0.161 e. The molecule has 0 aromatic heterocycles. The van der Waals surface area contributed by atoms with Crippen LogP contribution < -0.4 is 15.2 Å². The number of hydrogen-bond acceptors (Lipinski definition) is 3. The summed E-state index contributed by atoms with van der Waals surface area (Å²) in [6, 6.07) is 7.83. The highest BCUT2D eigenvalue weighted by molar-refractivity contribution is 9.10. The molecule has 0 aliphatic rings. The molecule has 0 saturated carbocycles. The lowest BCUT2D eigenvalue weighted by atomic mass is 9.97. The number of ether oxygens (including phenoxy) is 2. The summed E-state index contributed by atoms with van der Waals surface area (Å²) >= 11 is 3.45. The Morgan fingerprint density at radius 1 is 1.05 bits per heavy atom. The molecule has 0 radical (unpaired) electrons. The van der Waals surface area contributed by atoms with Crippen LogP contribution in [0.15, 0.2) is 34.8 Å². The number of rotatable bonds is 4. The summed E-state index contributed by atoms with van der Waals surface area (Å²) in [7, 11) is 3.11. The molecule has 2 aromatic rings. The van der Waals surface area contributed by atoms with E-state index in [4.69, 9.17) is 15.2 Å². The van der Waals surface area contributed by atoms with E-state index in [1.54, 1.807) is 38.5 Å². The lowest BCUT2D eigenvalue weighted by Gasteiger charge is -2.18. The molecule has 2 N–H and O–H groups in total. The molecule has 1 atom stereocenters. The van der Waals surface area contributed by atoms with Crippen LogP contribution in [0.25, 0.3) is 0 Å². The lowest BCUT2D eigenvalue weighted by molar-refractivity contribution is 0.354. The summed E-state index contributed by atoms with van der Waals surface area (Å²) in [6.07, 6.45) is 0. The molecule has 21 heavy (non-hydrogen) atoms. The van der Waals surface area contributed by atoms with Crippen molar-refractivity contribution < 1.29 is 13.9 Å². The highest BCUT2D eigenvalue weighted by Crippen LogP contribution is 2.37. The third kappa shape index (κ3) is 3.19. The van der Waals surface area contributed by atoms with Gasteiger partial charge in [0, 0.05) is 10.0 Å². The van der Waals surface area contributed by atoms with Gasteiger partial charge in [-0.3, -0.25) is 0 Å². The summed E-state index contributed by atoms with van der Waals surface area (Å²) in [5.41, 5.74) is 8.37. The molecule has 2 aromatic carbocycles. The number of methoxy groups -OCH3 is 2. The Kier molecular flexibility index (Phi) is 4.85. The summed E-state index contributed by atoms with van der Waals surface area (Å²) in [5, 5.41) is 0. The Morgan fingerprint density at radius 2 is 1.67 bits per heavy atom. The van der Waals surface area contributed by atoms with E-state index in [0.717, 1.165) is 15.6 Å². The third-order valence-electron chi connectivity index (χ3n) is 3.32. The normalized spacial score (nSPS) is 12.1. The van der Waals surface area contributed by atoms with Gasteiger partial charge in [0.2, 0.25) is 0 Å². The largest absolute Gasteiger partial charge is 0.493 e. The van der Waals surface area contributed by atoms with Crippen LogP contribution in [-0.2, 0) is 0 Å². The molecule has 0 bridgehead atoms. The van der Waals surface area contributed by atoms with E-state index in [-0.39, 0.29) is 5.82 Å². The Balaban J connectivity index is 2.52. The first-order valence-corrected chi connectivity index (χ1v) is 7.20. The van der Waals surface area contributed by atoms with Crippen molar-refractivity contribution in [3.63, 3.8) is 0 Å². The minimum atomic E-state index is -0.598. The first-order valence-electron chi connectivity index (χ1n) is 6.41. The van der Waals surface area contributed by atoms with Gasteiger partial charge in [-0.15, -0.1) is 0 Å². The molecule has 0 amide bonds. The summed E-state index contributed by atoms with van der Waals surface area (Å²) in [5.74, 6) is 0.819. The number of halogens is 2. The number of hydrogen-bond donors (Lipinski definition) is 1. The second-order valence-electron chi connectivity index (χ2n) is 4.73. The van der Waals surface area contributed by atoms with Crippen molar-refractivity contribution in [1.29, 1.82) is 0 Å². The van der Waals surface area contributed by atoms with Gasteiger partial charge in [0.15, 0.2) is 11.5 Å². The molecule has 0 heterocycles. The Hall–Kier alpha value is -1.59. The highest BCUT2D eigenvalue weighted by Gasteiger charge is 2.19. The first kappa shape index (κ1) is 15.8. The molecule has 0 aliphatic heterocycles. The molecular formula is C16H17BrFNO2. The number of benzene rings is 2. The molecular weight excluding hydrogens is 337 g/mol. The zero-order valence-corrected chi connectivity index (χ0v) is 13.7. The zero-order valence-electron chi connectivity index (χ0n) is 12.1. The van der Waals surface area contributed by atoms with Crippen molar-refractivity contribution in [3.8, 4) is 11.5 Å². The van der Waals surface area contributed by atoms with Gasteiger partial charge in [0.1, 0.15) is 5.82 Å². The summed E-state index contributed by atoms with van der Waals surface area (Å²) in [4.78, 5) is 0. The van der Waals surface area contributed by atoms with Crippen molar-refractivity contribution in [2.24, 2.45) is 5.73 Å². The molecule has 3 nitrogen and oxygen atoms in total. The van der Waals surface area contributed by atoms with E-state index in [9.17, 15) is 4.39 Å². The summed E-state index contributed by atoms with van der Waals surface area (Å²) < 4.78 is 25.3. The summed E-state index contributed by atoms with van der Waals surface area (Å²) in [6.45, 7) is 1.90. The molecule has 1 unspecified atom stereocenters. The van der Waals surface area contributed by atoms with Gasteiger partial charge in [-0.1, -0.05) is 33.6 Å². The van der Waals surface area contributed by atoms with Crippen LogP contribution in [0.5, 0.6) is 11.5 Å². The van der Waals surface area contributed by atoms with Crippen LogP contribution in [-0.4, -0.2) is 14.2 Å². The smallest absolute Gasteiger partial charge is 0.161 e. The van der Waals surface area contributed by atoms with Gasteiger partial charge in [0.05, 0.1) is 20.3 Å². The van der Waals surface area contributed by atoms with Crippen LogP contribution in [0.1, 0.15) is 22.7 Å². The van der Waals surface area contributed by atoms with Crippen LogP contribution >= 0.6 is 15.9 Å². The molecule has 0 fully saturated rings. The molecule has 2 rings (SSSR count). The van der Waals surface area contributed by atoms with Gasteiger partial charge >= 0.3 is 0 Å². The second kappa shape index (κ2) is 6.45. The van der Waals surface area contributed by atoms with Crippen molar-refractivity contribution in [2.45, 2.75) is 13.0 Å². The minimum absolute atomic E-state index is 0.324. The second-order valence-corrected chi connectivity index (χ2v) is 5.59. The van der Waals surface area contributed by atoms with Crippen molar-refractivity contribution in [3.05, 3.63) is 57.3 Å². The molecule has 0 saturated heterocycles. The topological polar surface area (TPSA) is 44.5 Å². The quantitative estimate of drug-likeness (QED) is 0.904. The fourth-order valence-electron chi connectivity index (χ4n) is 2.18. The van der Waals surface area contributed by atoms with Gasteiger partial charge in [-0.25, -0.2) is 4.39 Å². The van der Waals surface area contributed by atoms with Gasteiger partial charge in [0.25, 0.3) is 0 Å². The Labute approximate surface area is 132 Å². The SMILES string of the molecule is COc1cc(Br)c(C(N)c2cc(C)ccc2F)cc1OC. The van der Waals surface area contributed by atoms with Gasteiger partial charge in [-0.05, 0) is 30.7 Å². The van der Waals surface area contributed by atoms with Crippen LogP contribution in [0.2, 0.25) is 0 Å². The van der Waals surface area contributed by atoms with Gasteiger partial charge < -0.3 is 15.2 Å². The van der Waals surface area contributed by atoms with Crippen molar-refractivity contribution >= 4 is 15.9 Å². The van der Waals surface area contributed by atoms with Crippen LogP contribution in [0, 0.1) is 12.7 Å². The molecule has 0 aliphatic carbocycles. The highest BCUT2D eigenvalue weighted by atomic mass is 79.9. The Morgan fingerprint density at radius 3 is 2.29 bits per heavy atom. The fourth-order valence-corrected chi connectivity index (χ4v) is 2.75. The predicted octanol–water partition coefficient (Wildman–Crippen LogP) is 3.96. The van der Waals surface area contributed by atoms with E-state index in [1.165, 1.54) is 6.07 Å². The average molecular weight is 354 g/mol. The monoisotopic (exact) mass is 353 g/mol. The van der Waals surface area contributed by atoms with Crippen LogP contribution in [0.4, 0.5) is 4.39 Å². The predicted molar refractivity (Wildman–Crippen MR) is 84.4 cm³/mol. The maximum atomic E-state index is 14.0. The lowest BCUT2D eigenvalue weighted by Crippen LogP contribution is -2.15. The maximum absolute atomic E-state index is 14.0. The van der Waals surface area contributed by atoms with Crippen LogP contribution in [0.3, 0.4) is 0 Å². The van der Waals surface area contributed by atoms with Gasteiger partial charge in [-0.2, -0.15) is 0 Å². The Bertz CT molecular complexity index is 661. The van der Waals surface area contributed by atoms with E-state index in [2.05, 4.69) is 15.9 Å². The van der Waals surface area contributed by atoms with E-state index >= 15 is 0 Å². The van der Waals surface area contributed by atoms with E-state index in [1.807, 2.05) is 6.92 Å². The molecule has 112 valence electrons. The van der Waals surface area contributed by atoms with E-state index in [0.29, 0.717) is 17.1 Å². The standard InChI is InChI=1S/C16H17BrFNO2/c1-9-4-5-13(18)11(6-9)16(19)10-7-14(20-2)15(21-3)8-12(10)17/h4-8,16H,19H2,1-3H3. The first-order chi connectivity index (χ1) is 9.97. The number of aryl methyl sites for hydroxylation is 1. The van der Waals surface area contributed by atoms with E-state index < -0.39 is 6.04 Å². The number of nitrogens with two attached hydrogens (primary N) is 1. The third-order valence-corrected chi connectivity index (χ3v) is 4.01. The minimum Gasteiger partial charge on any atom is -0.493 e. The molecule has 0 spiro atoms. The van der Waals surface area contributed by atoms with Crippen molar-refractivity contribution in [2.75, 3.05) is 14.2 Å².